The van der Waals surface area contributed by atoms with E-state index in [9.17, 15) is 9.59 Å². The topological polar surface area (TPSA) is 87.7 Å². The highest BCUT2D eigenvalue weighted by Crippen LogP contribution is 2.24. The molecule has 2 rings (SSSR count). The predicted molar refractivity (Wildman–Crippen MR) is 79.0 cm³/mol. The molecule has 1 aromatic carbocycles. The molecule has 0 saturated carbocycles. The first-order valence-corrected chi connectivity index (χ1v) is 7.07. The van der Waals surface area contributed by atoms with Crippen molar-refractivity contribution in [1.29, 1.82) is 0 Å². The van der Waals surface area contributed by atoms with Crippen molar-refractivity contribution < 1.29 is 19.4 Å². The number of hydrogen-bond acceptors (Lipinski definition) is 3. The molecular weight excluding hydrogens is 296 g/mol. The van der Waals surface area contributed by atoms with E-state index in [2.05, 4.69) is 10.6 Å². The van der Waals surface area contributed by atoms with Crippen LogP contribution in [0.4, 0.5) is 10.5 Å². The molecule has 0 spiro atoms. The zero-order valence-corrected chi connectivity index (χ0v) is 12.3. The van der Waals surface area contributed by atoms with E-state index < -0.39 is 12.0 Å². The Morgan fingerprint density at radius 1 is 1.48 bits per heavy atom. The summed E-state index contributed by atoms with van der Waals surface area (Å²) in [7, 11) is 0. The Labute approximate surface area is 127 Å². The number of rotatable bonds is 4. The van der Waals surface area contributed by atoms with Gasteiger partial charge in [-0.3, -0.25) is 0 Å². The van der Waals surface area contributed by atoms with Gasteiger partial charge in [0.05, 0.1) is 22.9 Å². The minimum Gasteiger partial charge on any atom is -0.478 e. The van der Waals surface area contributed by atoms with E-state index in [1.165, 1.54) is 12.1 Å². The average molecular weight is 313 g/mol. The van der Waals surface area contributed by atoms with Gasteiger partial charge >= 0.3 is 12.0 Å². The van der Waals surface area contributed by atoms with Gasteiger partial charge < -0.3 is 20.5 Å². The van der Waals surface area contributed by atoms with E-state index in [1.807, 2.05) is 6.92 Å². The van der Waals surface area contributed by atoms with Crippen LogP contribution in [0, 0.1) is 0 Å². The van der Waals surface area contributed by atoms with Crippen LogP contribution < -0.4 is 10.6 Å². The van der Waals surface area contributed by atoms with Gasteiger partial charge in [-0.15, -0.1) is 0 Å². The minimum atomic E-state index is -1.19. The molecule has 1 aromatic rings. The first-order valence-electron chi connectivity index (χ1n) is 6.70. The molecule has 1 fully saturated rings. The number of amides is 2. The summed E-state index contributed by atoms with van der Waals surface area (Å²) in [6.45, 7) is 2.56. The highest BCUT2D eigenvalue weighted by atomic mass is 35.5. The summed E-state index contributed by atoms with van der Waals surface area (Å²) in [6, 6.07) is 3.89. The largest absolute Gasteiger partial charge is 0.478 e. The molecule has 2 unspecified atom stereocenters. The molecule has 1 saturated heterocycles. The van der Waals surface area contributed by atoms with Crippen molar-refractivity contribution in [3.63, 3.8) is 0 Å². The average Bonchev–Trinajstić information content (AvgIpc) is 2.91. The second-order valence-electron chi connectivity index (χ2n) is 4.91. The third kappa shape index (κ3) is 3.86. The van der Waals surface area contributed by atoms with Crippen LogP contribution in [0.3, 0.4) is 0 Å². The van der Waals surface area contributed by atoms with E-state index in [0.29, 0.717) is 6.61 Å². The zero-order valence-electron chi connectivity index (χ0n) is 11.6. The second kappa shape index (κ2) is 6.78. The quantitative estimate of drug-likeness (QED) is 0.797. The van der Waals surface area contributed by atoms with Crippen LogP contribution in [-0.4, -0.2) is 35.9 Å². The zero-order chi connectivity index (χ0) is 15.4. The van der Waals surface area contributed by atoms with Crippen LogP contribution in [0.15, 0.2) is 18.2 Å². The lowest BCUT2D eigenvalue weighted by Crippen LogP contribution is -2.43. The summed E-state index contributed by atoms with van der Waals surface area (Å²) in [5, 5.41) is 14.5. The van der Waals surface area contributed by atoms with Crippen molar-refractivity contribution >= 4 is 29.3 Å². The summed E-state index contributed by atoms with van der Waals surface area (Å²) in [5.41, 5.74) is 0.0335. The maximum atomic E-state index is 12.0. The fourth-order valence-corrected chi connectivity index (χ4v) is 2.56. The summed E-state index contributed by atoms with van der Waals surface area (Å²) in [5.74, 6) is -1.19. The van der Waals surface area contributed by atoms with Gasteiger partial charge in [0.15, 0.2) is 0 Å². The number of halogens is 1. The van der Waals surface area contributed by atoms with E-state index in [0.717, 1.165) is 12.8 Å². The second-order valence-corrected chi connectivity index (χ2v) is 5.31. The number of carboxylic acids is 1. The van der Waals surface area contributed by atoms with Gasteiger partial charge in [0.25, 0.3) is 0 Å². The number of carbonyl (C=O) groups is 2. The summed E-state index contributed by atoms with van der Waals surface area (Å²) in [4.78, 5) is 23.1. The van der Waals surface area contributed by atoms with Gasteiger partial charge in [0.2, 0.25) is 0 Å². The van der Waals surface area contributed by atoms with Crippen LogP contribution in [-0.2, 0) is 4.74 Å². The Morgan fingerprint density at radius 2 is 2.24 bits per heavy atom. The Kier molecular flexibility index (Phi) is 5.03. The summed E-state index contributed by atoms with van der Waals surface area (Å²) >= 11 is 5.84. The molecular formula is C14H17ClN2O4. The van der Waals surface area contributed by atoms with Gasteiger partial charge in [0.1, 0.15) is 5.56 Å². The van der Waals surface area contributed by atoms with Gasteiger partial charge in [-0.1, -0.05) is 17.7 Å². The van der Waals surface area contributed by atoms with E-state index in [4.69, 9.17) is 21.4 Å². The monoisotopic (exact) mass is 312 g/mol. The maximum absolute atomic E-state index is 12.0. The molecule has 7 heteroatoms. The number of urea groups is 1. The van der Waals surface area contributed by atoms with E-state index in [1.54, 1.807) is 6.07 Å². The number of nitrogens with one attached hydrogen (secondary N) is 2. The smallest absolute Gasteiger partial charge is 0.339 e. The van der Waals surface area contributed by atoms with Gasteiger partial charge in [-0.05, 0) is 31.9 Å². The number of ether oxygens (including phenoxy) is 1. The molecule has 1 heterocycles. The normalized spacial score (nSPS) is 19.0. The molecule has 1 aliphatic heterocycles. The van der Waals surface area contributed by atoms with E-state index in [-0.39, 0.29) is 28.4 Å². The van der Waals surface area contributed by atoms with Crippen LogP contribution >= 0.6 is 11.6 Å². The minimum absolute atomic E-state index is 0.00550. The molecule has 0 bridgehead atoms. The maximum Gasteiger partial charge on any atom is 0.339 e. The Balaban J connectivity index is 2.02. The predicted octanol–water partition coefficient (Wildman–Crippen LogP) is 2.73. The molecule has 0 aromatic heterocycles. The molecule has 2 amide bonds. The van der Waals surface area contributed by atoms with Crippen LogP contribution in [0.5, 0.6) is 0 Å². The first-order chi connectivity index (χ1) is 9.99. The van der Waals surface area contributed by atoms with Crippen molar-refractivity contribution in [2.24, 2.45) is 0 Å². The first kappa shape index (κ1) is 15.6. The molecule has 1 aliphatic rings. The fourth-order valence-electron chi connectivity index (χ4n) is 2.30. The van der Waals surface area contributed by atoms with Gasteiger partial charge in [-0.25, -0.2) is 9.59 Å². The number of aromatic carboxylic acids is 1. The number of anilines is 1. The molecule has 0 aliphatic carbocycles. The van der Waals surface area contributed by atoms with E-state index >= 15 is 0 Å². The number of benzene rings is 1. The fraction of sp³-hybridized carbons (Fsp3) is 0.429. The van der Waals surface area contributed by atoms with Crippen LogP contribution in [0.2, 0.25) is 5.02 Å². The van der Waals surface area contributed by atoms with Crippen molar-refractivity contribution in [2.45, 2.75) is 31.9 Å². The third-order valence-electron chi connectivity index (χ3n) is 3.36. The van der Waals surface area contributed by atoms with Crippen molar-refractivity contribution in [3.8, 4) is 0 Å². The lowest BCUT2D eigenvalue weighted by molar-refractivity contribution is 0.0698. The molecule has 2 atom stereocenters. The molecule has 114 valence electrons. The Morgan fingerprint density at radius 3 is 2.86 bits per heavy atom. The highest BCUT2D eigenvalue weighted by molar-refractivity contribution is 6.34. The third-order valence-corrected chi connectivity index (χ3v) is 3.67. The summed E-state index contributed by atoms with van der Waals surface area (Å²) in [6.07, 6.45) is 1.88. The lowest BCUT2D eigenvalue weighted by Gasteiger charge is -2.20. The molecule has 21 heavy (non-hydrogen) atoms. The summed E-state index contributed by atoms with van der Waals surface area (Å²) < 4.78 is 5.49. The highest BCUT2D eigenvalue weighted by Gasteiger charge is 2.24. The van der Waals surface area contributed by atoms with Gasteiger partial charge in [-0.2, -0.15) is 0 Å². The number of carbonyl (C=O) groups excluding carboxylic acids is 1. The Bertz CT molecular complexity index is 544. The lowest BCUT2D eigenvalue weighted by atomic mass is 10.1. The van der Waals surface area contributed by atoms with Crippen LogP contribution in [0.1, 0.15) is 30.1 Å². The van der Waals surface area contributed by atoms with Crippen molar-refractivity contribution in [1.82, 2.24) is 5.32 Å². The number of hydrogen-bond donors (Lipinski definition) is 3. The number of carboxylic acid groups (broad SMARTS) is 1. The van der Waals surface area contributed by atoms with Crippen LogP contribution in [0.25, 0.3) is 0 Å². The van der Waals surface area contributed by atoms with Crippen molar-refractivity contribution in [2.75, 3.05) is 11.9 Å². The SMILES string of the molecule is CC(NC(=O)Nc1cccc(Cl)c1C(=O)O)C1CCCO1. The standard InChI is InChI=1S/C14H17ClN2O4/c1-8(11-6-3-7-21-11)16-14(20)17-10-5-2-4-9(15)12(10)13(18)19/h2,4-5,8,11H,3,6-7H2,1H3,(H,18,19)(H2,16,17,20). The molecule has 6 nitrogen and oxygen atoms in total. The van der Waals surface area contributed by atoms with Crippen molar-refractivity contribution in [3.05, 3.63) is 28.8 Å². The molecule has 0 radical (unpaired) electrons. The molecule has 3 N–H and O–H groups in total. The van der Waals surface area contributed by atoms with Gasteiger partial charge in [0, 0.05) is 6.61 Å². The Hall–Kier alpha value is -1.79.